The molecular formula is C23H31N5O3S2. The Balaban J connectivity index is 1.45. The molecule has 33 heavy (non-hydrogen) atoms. The largest absolute Gasteiger partial charge is 0.379 e. The van der Waals surface area contributed by atoms with Crippen molar-refractivity contribution in [3.63, 3.8) is 0 Å². The number of hydrogen-bond acceptors (Lipinski definition) is 6. The summed E-state index contributed by atoms with van der Waals surface area (Å²) in [7, 11) is -3.63. The number of hydrogen-bond donors (Lipinski definition) is 3. The number of hydrazone groups is 1. The average molecular weight is 490 g/mol. The number of nitrogens with one attached hydrogen (secondary N) is 3. The molecule has 178 valence electrons. The van der Waals surface area contributed by atoms with Crippen LogP contribution < -0.4 is 15.5 Å². The molecule has 0 saturated carbocycles. The van der Waals surface area contributed by atoms with E-state index in [1.807, 2.05) is 26.0 Å². The summed E-state index contributed by atoms with van der Waals surface area (Å²) in [6.45, 7) is 9.14. The Hall–Kier alpha value is -2.53. The number of anilines is 1. The van der Waals surface area contributed by atoms with Gasteiger partial charge in [-0.25, -0.2) is 8.42 Å². The summed E-state index contributed by atoms with van der Waals surface area (Å²) in [5, 5.41) is 7.95. The van der Waals surface area contributed by atoms with Gasteiger partial charge in [0.2, 0.25) is 0 Å². The molecule has 0 radical (unpaired) electrons. The second-order valence-electron chi connectivity index (χ2n) is 7.87. The quantitative estimate of drug-likeness (QED) is 0.216. The van der Waals surface area contributed by atoms with Crippen LogP contribution in [0.3, 0.4) is 0 Å². The first-order valence-electron chi connectivity index (χ1n) is 10.9. The Bertz CT molecular complexity index is 1050. The molecule has 0 aromatic heterocycles. The zero-order valence-electron chi connectivity index (χ0n) is 19.0. The smallest absolute Gasteiger partial charge is 0.261 e. The third-order valence-electron chi connectivity index (χ3n) is 5.25. The van der Waals surface area contributed by atoms with Crippen molar-refractivity contribution in [3.05, 3.63) is 59.7 Å². The Kier molecular flexibility index (Phi) is 9.19. The number of sulfonamides is 1. The summed E-state index contributed by atoms with van der Waals surface area (Å²) >= 11 is 5.29. The Morgan fingerprint density at radius 2 is 1.76 bits per heavy atom. The average Bonchev–Trinajstić information content (AvgIpc) is 2.81. The minimum absolute atomic E-state index is 0.227. The van der Waals surface area contributed by atoms with Crippen LogP contribution in [0.25, 0.3) is 0 Å². The highest BCUT2D eigenvalue weighted by molar-refractivity contribution is 7.92. The predicted octanol–water partition coefficient (Wildman–Crippen LogP) is 2.71. The summed E-state index contributed by atoms with van der Waals surface area (Å²) < 4.78 is 33.0. The molecule has 0 amide bonds. The fourth-order valence-corrected chi connectivity index (χ4v) is 4.49. The van der Waals surface area contributed by atoms with Gasteiger partial charge >= 0.3 is 0 Å². The monoisotopic (exact) mass is 489 g/mol. The molecule has 1 heterocycles. The SMILES string of the molecule is C/C(=N\NC(=S)NCCCN1CCOCC1)c1ccc(NS(=O)(=O)c2ccc(C)cc2)cc1. The molecule has 3 N–H and O–H groups in total. The fourth-order valence-electron chi connectivity index (χ4n) is 3.28. The summed E-state index contributed by atoms with van der Waals surface area (Å²) in [5.74, 6) is 0. The van der Waals surface area contributed by atoms with Crippen molar-refractivity contribution in [3.8, 4) is 0 Å². The first kappa shape index (κ1) is 25.1. The molecule has 1 aliphatic heterocycles. The lowest BCUT2D eigenvalue weighted by Gasteiger charge is -2.26. The molecule has 1 aliphatic rings. The maximum Gasteiger partial charge on any atom is 0.261 e. The first-order chi connectivity index (χ1) is 15.8. The Labute approximate surface area is 201 Å². The minimum atomic E-state index is -3.63. The number of nitrogens with zero attached hydrogens (tertiary/aromatic N) is 2. The van der Waals surface area contributed by atoms with Crippen LogP contribution in [0, 0.1) is 6.92 Å². The lowest BCUT2D eigenvalue weighted by Crippen LogP contribution is -2.39. The number of thiocarbonyl (C=S) groups is 1. The van der Waals surface area contributed by atoms with E-state index in [4.69, 9.17) is 17.0 Å². The van der Waals surface area contributed by atoms with Gasteiger partial charge in [-0.2, -0.15) is 5.10 Å². The molecule has 2 aromatic rings. The topological polar surface area (TPSA) is 95.1 Å². The van der Waals surface area contributed by atoms with E-state index in [0.29, 0.717) is 10.8 Å². The Morgan fingerprint density at radius 1 is 1.09 bits per heavy atom. The molecule has 0 aliphatic carbocycles. The standard InChI is InChI=1S/C23H31N5O3S2/c1-18-4-10-22(11-5-18)33(29,30)27-21-8-6-20(7-9-21)19(2)25-26-23(32)24-12-3-13-28-14-16-31-17-15-28/h4-11,27H,3,12-17H2,1-2H3,(H2,24,26,32)/b25-19+. The molecule has 3 rings (SSSR count). The van der Waals surface area contributed by atoms with E-state index in [-0.39, 0.29) is 4.90 Å². The van der Waals surface area contributed by atoms with E-state index in [1.165, 1.54) is 0 Å². The van der Waals surface area contributed by atoms with Crippen LogP contribution in [0.15, 0.2) is 58.5 Å². The van der Waals surface area contributed by atoms with Gasteiger partial charge in [0.15, 0.2) is 5.11 Å². The van der Waals surface area contributed by atoms with Gasteiger partial charge < -0.3 is 10.1 Å². The van der Waals surface area contributed by atoms with E-state index in [9.17, 15) is 8.42 Å². The third kappa shape index (κ3) is 8.08. The van der Waals surface area contributed by atoms with Crippen molar-refractivity contribution >= 4 is 38.8 Å². The van der Waals surface area contributed by atoms with Crippen molar-refractivity contribution in [2.24, 2.45) is 5.10 Å². The van der Waals surface area contributed by atoms with Crippen LogP contribution >= 0.6 is 12.2 Å². The Morgan fingerprint density at radius 3 is 2.42 bits per heavy atom. The number of benzene rings is 2. The lowest BCUT2D eigenvalue weighted by atomic mass is 10.1. The van der Waals surface area contributed by atoms with Crippen molar-refractivity contribution in [1.82, 2.24) is 15.6 Å². The molecule has 1 fully saturated rings. The highest BCUT2D eigenvalue weighted by Gasteiger charge is 2.14. The summed E-state index contributed by atoms with van der Waals surface area (Å²) in [5.41, 5.74) is 5.94. The van der Waals surface area contributed by atoms with Crippen LogP contribution in [0.1, 0.15) is 24.5 Å². The van der Waals surface area contributed by atoms with Gasteiger partial charge in [0, 0.05) is 25.3 Å². The highest BCUT2D eigenvalue weighted by atomic mass is 32.2. The van der Waals surface area contributed by atoms with Gasteiger partial charge in [0.1, 0.15) is 0 Å². The summed E-state index contributed by atoms with van der Waals surface area (Å²) in [4.78, 5) is 2.61. The molecule has 8 nitrogen and oxygen atoms in total. The van der Waals surface area contributed by atoms with E-state index >= 15 is 0 Å². The number of rotatable bonds is 9. The van der Waals surface area contributed by atoms with Gasteiger partial charge in [-0.1, -0.05) is 29.8 Å². The third-order valence-corrected chi connectivity index (χ3v) is 6.88. The summed E-state index contributed by atoms with van der Waals surface area (Å²) in [6, 6.07) is 13.8. The number of aryl methyl sites for hydroxylation is 1. The van der Waals surface area contributed by atoms with Crippen LogP contribution in [0.2, 0.25) is 0 Å². The molecule has 2 aromatic carbocycles. The number of ether oxygens (including phenoxy) is 1. The van der Waals surface area contributed by atoms with Crippen molar-refractivity contribution in [2.45, 2.75) is 25.2 Å². The second-order valence-corrected chi connectivity index (χ2v) is 9.96. The fraction of sp³-hybridized carbons (Fsp3) is 0.391. The molecular weight excluding hydrogens is 458 g/mol. The maximum atomic E-state index is 12.5. The zero-order chi connectivity index (χ0) is 23.7. The van der Waals surface area contributed by atoms with E-state index in [2.05, 4.69) is 25.5 Å². The predicted molar refractivity (Wildman–Crippen MR) is 136 cm³/mol. The van der Waals surface area contributed by atoms with Crippen molar-refractivity contribution in [1.29, 1.82) is 0 Å². The van der Waals surface area contributed by atoms with Gasteiger partial charge in [0.05, 0.1) is 23.8 Å². The lowest BCUT2D eigenvalue weighted by molar-refractivity contribution is 0.0376. The van der Waals surface area contributed by atoms with Gasteiger partial charge in [-0.3, -0.25) is 15.0 Å². The second kappa shape index (κ2) is 12.1. The van der Waals surface area contributed by atoms with Gasteiger partial charge in [-0.15, -0.1) is 0 Å². The van der Waals surface area contributed by atoms with Gasteiger partial charge in [-0.05, 0) is 68.9 Å². The zero-order valence-corrected chi connectivity index (χ0v) is 20.6. The van der Waals surface area contributed by atoms with E-state index in [0.717, 1.165) is 62.7 Å². The maximum absolute atomic E-state index is 12.5. The highest BCUT2D eigenvalue weighted by Crippen LogP contribution is 2.17. The molecule has 1 saturated heterocycles. The summed E-state index contributed by atoms with van der Waals surface area (Å²) in [6.07, 6.45) is 0.991. The number of morpholine rings is 1. The van der Waals surface area contributed by atoms with Crippen LogP contribution in [-0.4, -0.2) is 63.5 Å². The van der Waals surface area contributed by atoms with Crippen molar-refractivity contribution < 1.29 is 13.2 Å². The van der Waals surface area contributed by atoms with Crippen LogP contribution in [0.4, 0.5) is 5.69 Å². The molecule has 0 atom stereocenters. The minimum Gasteiger partial charge on any atom is -0.379 e. The molecule has 10 heteroatoms. The van der Waals surface area contributed by atoms with E-state index in [1.54, 1.807) is 36.4 Å². The van der Waals surface area contributed by atoms with Crippen LogP contribution in [-0.2, 0) is 14.8 Å². The molecule has 0 spiro atoms. The van der Waals surface area contributed by atoms with Crippen LogP contribution in [0.5, 0.6) is 0 Å². The van der Waals surface area contributed by atoms with Gasteiger partial charge in [0.25, 0.3) is 10.0 Å². The molecule has 0 unspecified atom stereocenters. The normalized spacial score (nSPS) is 15.2. The first-order valence-corrected chi connectivity index (χ1v) is 12.8. The van der Waals surface area contributed by atoms with E-state index < -0.39 is 10.0 Å². The van der Waals surface area contributed by atoms with Crippen molar-refractivity contribution in [2.75, 3.05) is 44.1 Å². The molecule has 0 bridgehead atoms.